The standard InChI is InChI=1S/C52H44IS4.3C4HF9O3S/c1-37-13-5-9-17-49(37)56(50-18-10-6-14-38(50)2)47-33-29-45(30-34-47)54-43-25-21-41(22-26-43)53-42-23-27-44(28-24-42)55-46-31-35-48(36-32-46)57(51-19-11-7-15-39(51)3)52-20-12-8-16-40(52)4;3*5-1(6,3(9,10)11)2(7,8)4(12,13)17(14,15)16/h5-36H,1-4H3;3*(H,14,15,16)/q+3;;;/p-3. The van der Waals surface area contributed by atoms with Gasteiger partial charge < -0.3 is 13.7 Å². The minimum atomic E-state index is -7.43. The van der Waals surface area contributed by atoms with Crippen molar-refractivity contribution in [1.29, 1.82) is 0 Å². The highest BCUT2D eigenvalue weighted by Gasteiger charge is 2.86. The van der Waals surface area contributed by atoms with Crippen molar-refractivity contribution in [2.45, 2.75) is 146 Å². The van der Waals surface area contributed by atoms with Gasteiger partial charge in [-0.25, -0.2) is 25.3 Å². The molecule has 0 aliphatic heterocycles. The molecule has 0 N–H and O–H groups in total. The van der Waals surface area contributed by atoms with Crippen LogP contribution in [-0.2, 0) is 52.1 Å². The minimum absolute atomic E-state index is 0.151. The Labute approximate surface area is 620 Å². The summed E-state index contributed by atoms with van der Waals surface area (Å²) in [6.07, 6.45) is -21.5. The first-order valence-corrected chi connectivity index (χ1v) is 38.9. The topological polar surface area (TPSA) is 172 Å². The van der Waals surface area contributed by atoms with Gasteiger partial charge in [-0.1, -0.05) is 96.3 Å². The third-order valence-electron chi connectivity index (χ3n) is 14.0. The predicted octanol–water partition coefficient (Wildman–Crippen LogP) is 17.4. The van der Waals surface area contributed by atoms with Gasteiger partial charge in [0, 0.05) is 41.8 Å². The van der Waals surface area contributed by atoms with E-state index < -0.39 is 100 Å². The van der Waals surface area contributed by atoms with Gasteiger partial charge in [-0.3, -0.25) is 0 Å². The zero-order chi connectivity index (χ0) is 82.6. The van der Waals surface area contributed by atoms with E-state index in [1.165, 1.54) is 78.3 Å². The third kappa shape index (κ3) is 19.8. The summed E-state index contributed by atoms with van der Waals surface area (Å²) in [6, 6.07) is 72.2. The highest BCUT2D eigenvalue weighted by atomic mass is 127. The molecule has 0 radical (unpaired) electrons. The summed E-state index contributed by atoms with van der Waals surface area (Å²) in [4.78, 5) is 13.4. The van der Waals surface area contributed by atoms with Crippen LogP contribution >= 0.6 is 23.5 Å². The molecule has 0 atom stereocenters. The Morgan fingerprint density at radius 3 is 0.611 bits per heavy atom. The molecule has 8 rings (SSSR count). The number of alkyl halides is 27. The maximum atomic E-state index is 12.2. The van der Waals surface area contributed by atoms with Gasteiger partial charge in [0.05, 0.1) is 21.8 Å². The molecule has 0 unspecified atom stereocenters. The number of rotatable bonds is 21. The molecule has 0 bridgehead atoms. The van der Waals surface area contributed by atoms with E-state index in [4.69, 9.17) is 0 Å². The van der Waals surface area contributed by atoms with E-state index in [-0.39, 0.29) is 43.0 Å². The molecule has 0 heterocycles. The zero-order valence-electron chi connectivity index (χ0n) is 53.6. The summed E-state index contributed by atoms with van der Waals surface area (Å²) in [6.45, 7) is 8.92. The van der Waals surface area contributed by atoms with Gasteiger partial charge in [0.25, 0.3) is 0 Å². The second kappa shape index (κ2) is 33.6. The lowest BCUT2D eigenvalue weighted by Gasteiger charge is -2.34. The van der Waals surface area contributed by atoms with Gasteiger partial charge in [-0.15, -0.1) is 0 Å². The molecule has 0 aromatic heterocycles. The number of benzene rings is 8. The summed E-state index contributed by atoms with van der Waals surface area (Å²) in [5, 5.41) is -21.3. The molecule has 108 heavy (non-hydrogen) atoms. The Hall–Kier alpha value is -6.27. The lowest BCUT2D eigenvalue weighted by Crippen LogP contribution is -3.61. The molecule has 44 heteroatoms. The highest BCUT2D eigenvalue weighted by Crippen LogP contribution is 2.57. The molecule has 0 aliphatic rings. The van der Waals surface area contributed by atoms with Gasteiger partial charge in [-0.05, 0) is 149 Å². The van der Waals surface area contributed by atoms with Crippen molar-refractivity contribution < 1.29 is 179 Å². The lowest BCUT2D eigenvalue weighted by atomic mass is 10.1. The van der Waals surface area contributed by atoms with Gasteiger partial charge in [0.1, 0.15) is 0 Å². The Morgan fingerprint density at radius 2 is 0.444 bits per heavy atom. The van der Waals surface area contributed by atoms with Crippen molar-refractivity contribution in [2.24, 2.45) is 0 Å². The molecule has 0 amide bonds. The van der Waals surface area contributed by atoms with E-state index in [1.807, 2.05) is 23.5 Å². The number of hydrogen-bond acceptors (Lipinski definition) is 11. The molecule has 0 saturated heterocycles. The van der Waals surface area contributed by atoms with Crippen LogP contribution in [0, 0.1) is 34.8 Å². The molecule has 8 aromatic carbocycles. The van der Waals surface area contributed by atoms with Gasteiger partial charge in [-0.2, -0.15) is 119 Å². The van der Waals surface area contributed by atoms with Crippen LogP contribution in [0.2, 0.25) is 0 Å². The van der Waals surface area contributed by atoms with Crippen LogP contribution in [0.1, 0.15) is 22.3 Å². The van der Waals surface area contributed by atoms with E-state index >= 15 is 0 Å². The summed E-state index contributed by atoms with van der Waals surface area (Å²) < 4.78 is 409. The van der Waals surface area contributed by atoms with E-state index in [0.717, 1.165) is 0 Å². The van der Waals surface area contributed by atoms with Crippen molar-refractivity contribution in [3.8, 4) is 0 Å². The SMILES string of the molecule is Cc1ccccc1[S+](c1ccc(Sc2ccc([I+]c3ccc(Sc4ccc([S+](c5ccccc5C)c5ccccc5C)cc4)cc3)cc2)cc1)c1ccccc1C.O=S(=O)([O-])C(F)(F)C(F)(F)C(F)(F)C(F)(F)F.O=S(=O)([O-])C(F)(F)C(F)(F)C(F)(F)C(F)(F)F.O=S(=O)([O-])C(F)(F)C(F)(F)C(F)(F)C(F)(F)F. The molecule has 592 valence electrons. The van der Waals surface area contributed by atoms with Crippen LogP contribution in [0.3, 0.4) is 0 Å². The van der Waals surface area contributed by atoms with Crippen molar-refractivity contribution in [3.63, 3.8) is 0 Å². The van der Waals surface area contributed by atoms with E-state index in [9.17, 15) is 157 Å². The van der Waals surface area contributed by atoms with Crippen LogP contribution in [-0.4, -0.2) is 109 Å². The van der Waals surface area contributed by atoms with Gasteiger partial charge in [0.15, 0.2) is 66.9 Å². The predicted molar refractivity (Wildman–Crippen MR) is 332 cm³/mol. The van der Waals surface area contributed by atoms with Gasteiger partial charge in [0.2, 0.25) is 0 Å². The Balaban J connectivity index is 0.000000333. The number of aryl methyl sites for hydroxylation is 4. The molecule has 0 saturated carbocycles. The highest BCUT2D eigenvalue weighted by molar-refractivity contribution is 8.00. The maximum Gasteiger partial charge on any atom is 0.460 e. The average molecular weight is 1820 g/mol. The molecular weight excluding hydrogens is 1780 g/mol. The van der Waals surface area contributed by atoms with Crippen LogP contribution in [0.25, 0.3) is 0 Å². The van der Waals surface area contributed by atoms with Crippen molar-refractivity contribution in [3.05, 3.63) is 224 Å². The van der Waals surface area contributed by atoms with E-state index in [2.05, 4.69) is 222 Å². The smallest absolute Gasteiger partial charge is 0.460 e. The Morgan fingerprint density at radius 1 is 0.269 bits per heavy atom. The van der Waals surface area contributed by atoms with Crippen molar-refractivity contribution >= 4 is 75.7 Å². The normalized spacial score (nSPS) is 13.6. The molecule has 9 nitrogen and oxygen atoms in total. The fraction of sp³-hybridized carbons (Fsp3) is 0.250. The molecule has 0 spiro atoms. The summed E-state index contributed by atoms with van der Waals surface area (Å²) in [5.74, 6) is -44.5. The summed E-state index contributed by atoms with van der Waals surface area (Å²) >= 11 is 3.42. The number of hydrogen-bond donors (Lipinski definition) is 0. The second-order valence-electron chi connectivity index (χ2n) is 21.7. The largest absolute Gasteiger partial charge is 0.743 e. The van der Waals surface area contributed by atoms with Gasteiger partial charge >= 0.3 is 91.0 Å². The van der Waals surface area contributed by atoms with E-state index in [0.29, 0.717) is 0 Å². The first kappa shape index (κ1) is 92.3. The molecule has 0 fully saturated rings. The van der Waals surface area contributed by atoms with Crippen molar-refractivity contribution in [2.75, 3.05) is 0 Å². The molecule has 0 aliphatic carbocycles. The van der Waals surface area contributed by atoms with E-state index in [1.54, 1.807) is 0 Å². The quantitative estimate of drug-likeness (QED) is 0.0290. The average Bonchev–Trinajstić information content (AvgIpc) is 0.739. The fourth-order valence-electron chi connectivity index (χ4n) is 8.26. The summed E-state index contributed by atoms with van der Waals surface area (Å²) in [5.41, 5.74) is 5.35. The Bertz CT molecular complexity index is 4310. The van der Waals surface area contributed by atoms with Crippen LogP contribution < -0.4 is 21.2 Å². The third-order valence-corrected chi connectivity index (χ3v) is 26.4. The second-order valence-corrected chi connectivity index (χ2v) is 35.2. The fourth-order valence-corrected chi connectivity index (χ4v) is 18.1. The zero-order valence-corrected chi connectivity index (χ0v) is 61.5. The first-order chi connectivity index (χ1) is 48.9. The minimum Gasteiger partial charge on any atom is -0.743 e. The van der Waals surface area contributed by atoms with Crippen LogP contribution in [0.15, 0.2) is 243 Å². The monoisotopic (exact) mass is 1820 g/mol. The van der Waals surface area contributed by atoms with Crippen LogP contribution in [0.4, 0.5) is 119 Å². The summed E-state index contributed by atoms with van der Waals surface area (Å²) in [7, 11) is -22.6. The van der Waals surface area contributed by atoms with Crippen LogP contribution in [0.5, 0.6) is 0 Å². The maximum absolute atomic E-state index is 12.2. The molecular formula is C64H44F27IO9S7. The number of halogens is 28. The first-order valence-electron chi connectivity index (χ1n) is 28.5. The molecule has 8 aromatic rings. The lowest BCUT2D eigenvalue weighted by molar-refractivity contribution is -0.597. The van der Waals surface area contributed by atoms with Crippen molar-refractivity contribution in [1.82, 2.24) is 0 Å². The Kier molecular flexibility index (Phi) is 28.7.